The second-order valence-corrected chi connectivity index (χ2v) is 5.28. The molecule has 3 aromatic rings. The average Bonchev–Trinajstić information content (AvgIpc) is 2.61. The van der Waals surface area contributed by atoms with Gasteiger partial charge in [-0.3, -0.25) is 9.78 Å². The highest BCUT2D eigenvalue weighted by atomic mass is 16.4. The van der Waals surface area contributed by atoms with Crippen molar-refractivity contribution in [3.05, 3.63) is 72.1 Å². The molecule has 0 aliphatic carbocycles. The molecule has 6 nitrogen and oxygen atoms in total. The van der Waals surface area contributed by atoms with Gasteiger partial charge in [0.25, 0.3) is 5.91 Å². The Morgan fingerprint density at radius 1 is 1.00 bits per heavy atom. The molecule has 0 spiro atoms. The SMILES string of the molecule is O=C(N[C@@H](Cc1cnc2ccccc2n1)C(=O)O)c1ccccc1. The molecule has 0 aliphatic rings. The summed E-state index contributed by atoms with van der Waals surface area (Å²) in [5, 5.41) is 11.9. The number of fused-ring (bicyclic) bond motifs is 1. The Kier molecular flexibility index (Phi) is 4.47. The standard InChI is InChI=1S/C18H15N3O3/c22-17(12-6-2-1-3-7-12)21-16(18(23)24)10-13-11-19-14-8-4-5-9-15(14)20-13/h1-9,11,16H,10H2,(H,21,22)(H,23,24)/t16-/m0/s1. The average molecular weight is 321 g/mol. The van der Waals surface area contributed by atoms with E-state index in [-0.39, 0.29) is 6.42 Å². The molecule has 120 valence electrons. The third kappa shape index (κ3) is 3.55. The smallest absolute Gasteiger partial charge is 0.326 e. The zero-order valence-corrected chi connectivity index (χ0v) is 12.7. The zero-order valence-electron chi connectivity index (χ0n) is 12.7. The number of aromatic nitrogens is 2. The summed E-state index contributed by atoms with van der Waals surface area (Å²) in [6.45, 7) is 0. The van der Waals surface area contributed by atoms with E-state index in [4.69, 9.17) is 0 Å². The Bertz CT molecular complexity index is 881. The minimum Gasteiger partial charge on any atom is -0.480 e. The summed E-state index contributed by atoms with van der Waals surface area (Å²) in [5.74, 6) is -1.55. The van der Waals surface area contributed by atoms with Crippen molar-refractivity contribution in [2.24, 2.45) is 0 Å². The van der Waals surface area contributed by atoms with Crippen molar-refractivity contribution >= 4 is 22.9 Å². The van der Waals surface area contributed by atoms with E-state index in [1.54, 1.807) is 30.3 Å². The summed E-state index contributed by atoms with van der Waals surface area (Å²) in [6, 6.07) is 14.8. The Hall–Kier alpha value is -3.28. The highest BCUT2D eigenvalue weighted by Crippen LogP contribution is 2.10. The van der Waals surface area contributed by atoms with E-state index in [9.17, 15) is 14.7 Å². The summed E-state index contributed by atoms with van der Waals surface area (Å²) in [6.07, 6.45) is 1.60. The van der Waals surface area contributed by atoms with Crippen LogP contribution in [0.3, 0.4) is 0 Å². The normalized spacial score (nSPS) is 11.8. The fourth-order valence-corrected chi connectivity index (χ4v) is 2.33. The monoisotopic (exact) mass is 321 g/mol. The maximum Gasteiger partial charge on any atom is 0.326 e. The molecule has 0 bridgehead atoms. The van der Waals surface area contributed by atoms with Crippen molar-refractivity contribution in [3.8, 4) is 0 Å². The molecule has 2 N–H and O–H groups in total. The number of carbonyl (C=O) groups is 2. The maximum atomic E-state index is 12.2. The van der Waals surface area contributed by atoms with Crippen LogP contribution in [0, 0.1) is 0 Å². The largest absolute Gasteiger partial charge is 0.480 e. The fourth-order valence-electron chi connectivity index (χ4n) is 2.33. The number of carboxylic acid groups (broad SMARTS) is 1. The Morgan fingerprint density at radius 2 is 1.67 bits per heavy atom. The van der Waals surface area contributed by atoms with Crippen LogP contribution in [0.25, 0.3) is 11.0 Å². The molecule has 0 radical (unpaired) electrons. The van der Waals surface area contributed by atoms with Crippen molar-refractivity contribution in [2.75, 3.05) is 0 Å². The second kappa shape index (κ2) is 6.87. The number of nitrogens with one attached hydrogen (secondary N) is 1. The molecule has 6 heteroatoms. The summed E-state index contributed by atoms with van der Waals surface area (Å²) in [7, 11) is 0. The molecule has 3 rings (SSSR count). The third-order valence-electron chi connectivity index (χ3n) is 3.55. The van der Waals surface area contributed by atoms with Crippen molar-refractivity contribution in [1.29, 1.82) is 0 Å². The van der Waals surface area contributed by atoms with Gasteiger partial charge in [0.15, 0.2) is 0 Å². The molecule has 2 aromatic carbocycles. The van der Waals surface area contributed by atoms with Crippen molar-refractivity contribution in [1.82, 2.24) is 15.3 Å². The van der Waals surface area contributed by atoms with Gasteiger partial charge in [-0.15, -0.1) is 0 Å². The van der Waals surface area contributed by atoms with Gasteiger partial charge in [-0.2, -0.15) is 0 Å². The van der Waals surface area contributed by atoms with E-state index in [1.807, 2.05) is 24.3 Å². The number of para-hydroxylation sites is 2. The fraction of sp³-hybridized carbons (Fsp3) is 0.111. The lowest BCUT2D eigenvalue weighted by Gasteiger charge is -2.14. The number of nitrogens with zero attached hydrogens (tertiary/aromatic N) is 2. The van der Waals surface area contributed by atoms with E-state index in [1.165, 1.54) is 6.20 Å². The van der Waals surface area contributed by atoms with Crippen LogP contribution in [0.1, 0.15) is 16.1 Å². The van der Waals surface area contributed by atoms with Gasteiger partial charge in [0.1, 0.15) is 6.04 Å². The van der Waals surface area contributed by atoms with Crippen molar-refractivity contribution in [2.45, 2.75) is 12.5 Å². The quantitative estimate of drug-likeness (QED) is 0.750. The Morgan fingerprint density at radius 3 is 2.38 bits per heavy atom. The van der Waals surface area contributed by atoms with Crippen LogP contribution in [0.15, 0.2) is 60.8 Å². The van der Waals surface area contributed by atoms with Crippen LogP contribution in [-0.2, 0) is 11.2 Å². The molecule has 0 unspecified atom stereocenters. The van der Waals surface area contributed by atoms with Crippen LogP contribution in [0.4, 0.5) is 0 Å². The molecule has 0 aliphatic heterocycles. The first kappa shape index (κ1) is 15.6. The number of hydrogen-bond acceptors (Lipinski definition) is 4. The van der Waals surface area contributed by atoms with Crippen molar-refractivity contribution in [3.63, 3.8) is 0 Å². The number of amides is 1. The van der Waals surface area contributed by atoms with E-state index in [0.29, 0.717) is 16.8 Å². The lowest BCUT2D eigenvalue weighted by atomic mass is 10.1. The third-order valence-corrected chi connectivity index (χ3v) is 3.55. The molecule has 1 aromatic heterocycles. The summed E-state index contributed by atoms with van der Waals surface area (Å²) in [4.78, 5) is 32.3. The minimum absolute atomic E-state index is 0.0613. The van der Waals surface area contributed by atoms with Crippen LogP contribution < -0.4 is 5.32 Å². The number of carbonyl (C=O) groups excluding carboxylic acids is 1. The number of rotatable bonds is 5. The minimum atomic E-state index is -1.12. The molecular weight excluding hydrogens is 306 g/mol. The molecule has 1 atom stereocenters. The van der Waals surface area contributed by atoms with Crippen LogP contribution in [0.2, 0.25) is 0 Å². The van der Waals surface area contributed by atoms with E-state index in [2.05, 4.69) is 15.3 Å². The first-order valence-corrected chi connectivity index (χ1v) is 7.43. The van der Waals surface area contributed by atoms with Gasteiger partial charge in [0, 0.05) is 18.2 Å². The number of carboxylic acids is 1. The topological polar surface area (TPSA) is 92.2 Å². The first-order chi connectivity index (χ1) is 11.6. The molecule has 0 saturated carbocycles. The first-order valence-electron chi connectivity index (χ1n) is 7.43. The zero-order chi connectivity index (χ0) is 16.9. The molecule has 24 heavy (non-hydrogen) atoms. The van der Waals surface area contributed by atoms with Gasteiger partial charge >= 0.3 is 5.97 Å². The highest BCUT2D eigenvalue weighted by molar-refractivity contribution is 5.96. The van der Waals surface area contributed by atoms with Gasteiger partial charge in [-0.05, 0) is 24.3 Å². The number of hydrogen-bond donors (Lipinski definition) is 2. The predicted octanol–water partition coefficient (Wildman–Crippen LogP) is 2.06. The van der Waals surface area contributed by atoms with Crippen LogP contribution in [-0.4, -0.2) is 33.0 Å². The predicted molar refractivity (Wildman–Crippen MR) is 88.6 cm³/mol. The second-order valence-electron chi connectivity index (χ2n) is 5.28. The van der Waals surface area contributed by atoms with Gasteiger partial charge in [0.05, 0.1) is 16.7 Å². The van der Waals surface area contributed by atoms with Gasteiger partial charge in [-0.25, -0.2) is 9.78 Å². The molecule has 0 fully saturated rings. The summed E-state index contributed by atoms with van der Waals surface area (Å²) >= 11 is 0. The highest BCUT2D eigenvalue weighted by Gasteiger charge is 2.22. The summed E-state index contributed by atoms with van der Waals surface area (Å²) < 4.78 is 0. The van der Waals surface area contributed by atoms with Gasteiger partial charge in [0.2, 0.25) is 0 Å². The van der Waals surface area contributed by atoms with Crippen molar-refractivity contribution < 1.29 is 14.7 Å². The van der Waals surface area contributed by atoms with E-state index < -0.39 is 17.9 Å². The van der Waals surface area contributed by atoms with Crippen LogP contribution >= 0.6 is 0 Å². The van der Waals surface area contributed by atoms with Crippen LogP contribution in [0.5, 0.6) is 0 Å². The van der Waals surface area contributed by atoms with Gasteiger partial charge in [-0.1, -0.05) is 30.3 Å². The van der Waals surface area contributed by atoms with Gasteiger partial charge < -0.3 is 10.4 Å². The maximum absolute atomic E-state index is 12.2. The van der Waals surface area contributed by atoms with E-state index in [0.717, 1.165) is 5.52 Å². The lowest BCUT2D eigenvalue weighted by molar-refractivity contribution is -0.139. The summed E-state index contributed by atoms with van der Waals surface area (Å²) in [5.41, 5.74) is 2.35. The number of benzene rings is 2. The Labute approximate surface area is 138 Å². The molecule has 0 saturated heterocycles. The number of aliphatic carboxylic acids is 1. The molecular formula is C18H15N3O3. The lowest BCUT2D eigenvalue weighted by Crippen LogP contribution is -2.42. The van der Waals surface area contributed by atoms with E-state index >= 15 is 0 Å². The molecule has 1 amide bonds. The molecule has 1 heterocycles. The Balaban J connectivity index is 1.78.